The first kappa shape index (κ1) is 19.6. The zero-order valence-corrected chi connectivity index (χ0v) is 15.4. The topological polar surface area (TPSA) is 79.5 Å². The lowest BCUT2D eigenvalue weighted by atomic mass is 9.68. The highest BCUT2D eigenvalue weighted by Crippen LogP contribution is 2.59. The molecule has 0 saturated heterocycles. The molecule has 1 aliphatic carbocycles. The first-order chi connectivity index (χ1) is 10.1. The van der Waals surface area contributed by atoms with Crippen LogP contribution in [0.5, 0.6) is 0 Å². The van der Waals surface area contributed by atoms with E-state index >= 15 is 0 Å². The minimum absolute atomic E-state index is 0.174. The Hall–Kier alpha value is -0.400. The van der Waals surface area contributed by atoms with E-state index in [9.17, 15) is 14.9 Å². The van der Waals surface area contributed by atoms with Crippen LogP contribution in [-0.4, -0.2) is 29.6 Å². The standard InChI is InChI=1S/C16H30NO4P/c1-6-20-22(19,21-7-2)14(12-17)16(18)10-8-13(9-11-16)15(3,4)5/h13-14,18H,6-11H2,1-5H3. The maximum absolute atomic E-state index is 12.9. The van der Waals surface area contributed by atoms with Gasteiger partial charge in [0, 0.05) is 0 Å². The van der Waals surface area contributed by atoms with Crippen molar-refractivity contribution in [2.24, 2.45) is 11.3 Å². The van der Waals surface area contributed by atoms with Crippen LogP contribution in [0.1, 0.15) is 60.3 Å². The largest absolute Gasteiger partial charge is 0.388 e. The minimum atomic E-state index is -3.63. The summed E-state index contributed by atoms with van der Waals surface area (Å²) in [7, 11) is -3.63. The molecule has 6 heteroatoms. The van der Waals surface area contributed by atoms with Crippen molar-refractivity contribution >= 4 is 7.60 Å². The molecular weight excluding hydrogens is 301 g/mol. The lowest BCUT2D eigenvalue weighted by Gasteiger charge is -2.43. The van der Waals surface area contributed by atoms with Crippen molar-refractivity contribution in [3.8, 4) is 6.07 Å². The molecule has 1 N–H and O–H groups in total. The minimum Gasteiger partial charge on any atom is -0.388 e. The molecule has 1 saturated carbocycles. The van der Waals surface area contributed by atoms with Crippen molar-refractivity contribution in [1.82, 2.24) is 0 Å². The van der Waals surface area contributed by atoms with Crippen molar-refractivity contribution in [3.05, 3.63) is 0 Å². The SMILES string of the molecule is CCOP(=O)(OCC)C(C#N)C1(O)CCC(C(C)(C)C)CC1. The summed E-state index contributed by atoms with van der Waals surface area (Å²) in [5, 5.41) is 20.5. The van der Waals surface area contributed by atoms with Gasteiger partial charge >= 0.3 is 7.60 Å². The van der Waals surface area contributed by atoms with Gasteiger partial charge in [-0.05, 0) is 50.9 Å². The molecule has 1 unspecified atom stereocenters. The van der Waals surface area contributed by atoms with Gasteiger partial charge in [0.2, 0.25) is 0 Å². The fourth-order valence-corrected chi connectivity index (χ4v) is 5.37. The Morgan fingerprint density at radius 1 is 1.27 bits per heavy atom. The summed E-state index contributed by atoms with van der Waals surface area (Å²) >= 11 is 0. The number of aliphatic hydroxyl groups is 1. The van der Waals surface area contributed by atoms with E-state index < -0.39 is 18.9 Å². The van der Waals surface area contributed by atoms with Gasteiger partial charge in [0.05, 0.1) is 24.9 Å². The third kappa shape index (κ3) is 4.32. The lowest BCUT2D eigenvalue weighted by Crippen LogP contribution is -2.46. The number of hydrogen-bond acceptors (Lipinski definition) is 5. The second-order valence-electron chi connectivity index (χ2n) is 7.15. The van der Waals surface area contributed by atoms with Crippen molar-refractivity contribution in [2.75, 3.05) is 13.2 Å². The Morgan fingerprint density at radius 2 is 1.73 bits per heavy atom. The van der Waals surface area contributed by atoms with Crippen LogP contribution in [0.25, 0.3) is 0 Å². The van der Waals surface area contributed by atoms with Crippen LogP contribution in [0.2, 0.25) is 0 Å². The van der Waals surface area contributed by atoms with E-state index in [0.717, 1.165) is 12.8 Å². The fraction of sp³-hybridized carbons (Fsp3) is 0.938. The number of nitriles is 1. The van der Waals surface area contributed by atoms with E-state index in [0.29, 0.717) is 18.8 Å². The zero-order chi connectivity index (χ0) is 17.0. The van der Waals surface area contributed by atoms with E-state index in [4.69, 9.17) is 9.05 Å². The van der Waals surface area contributed by atoms with Gasteiger partial charge in [0.25, 0.3) is 0 Å². The van der Waals surface area contributed by atoms with Gasteiger partial charge in [-0.3, -0.25) is 4.57 Å². The summed E-state index contributed by atoms with van der Waals surface area (Å²) in [4.78, 5) is 0. The summed E-state index contributed by atoms with van der Waals surface area (Å²) in [5.74, 6) is 0.491. The molecule has 0 aliphatic heterocycles. The monoisotopic (exact) mass is 331 g/mol. The van der Waals surface area contributed by atoms with Gasteiger partial charge < -0.3 is 14.2 Å². The maximum atomic E-state index is 12.9. The second kappa shape index (κ2) is 7.45. The predicted molar refractivity (Wildman–Crippen MR) is 86.6 cm³/mol. The molecule has 0 amide bonds. The highest BCUT2D eigenvalue weighted by molar-refractivity contribution is 7.55. The third-order valence-electron chi connectivity index (χ3n) is 4.64. The Bertz CT molecular complexity index is 434. The van der Waals surface area contributed by atoms with Gasteiger partial charge in [-0.25, -0.2) is 0 Å². The number of hydrogen-bond donors (Lipinski definition) is 1. The molecule has 0 radical (unpaired) electrons. The van der Waals surface area contributed by atoms with Crippen molar-refractivity contribution in [1.29, 1.82) is 5.26 Å². The lowest BCUT2D eigenvalue weighted by molar-refractivity contribution is -0.0244. The summed E-state index contributed by atoms with van der Waals surface area (Å²) in [6.07, 6.45) is 2.54. The van der Waals surface area contributed by atoms with Crippen LogP contribution in [0, 0.1) is 22.7 Å². The van der Waals surface area contributed by atoms with E-state index in [2.05, 4.69) is 20.8 Å². The van der Waals surface area contributed by atoms with Crippen molar-refractivity contribution in [2.45, 2.75) is 71.6 Å². The Labute approximate surface area is 134 Å². The molecule has 0 bridgehead atoms. The Kier molecular flexibility index (Phi) is 6.65. The van der Waals surface area contributed by atoms with Crippen LogP contribution in [0.15, 0.2) is 0 Å². The van der Waals surface area contributed by atoms with E-state index in [-0.39, 0.29) is 18.6 Å². The van der Waals surface area contributed by atoms with E-state index in [1.54, 1.807) is 13.8 Å². The van der Waals surface area contributed by atoms with Crippen LogP contribution in [0.4, 0.5) is 0 Å². The average molecular weight is 331 g/mol. The van der Waals surface area contributed by atoms with Gasteiger partial charge in [-0.1, -0.05) is 20.8 Å². The Balaban J connectivity index is 2.96. The quantitative estimate of drug-likeness (QED) is 0.741. The molecule has 5 nitrogen and oxygen atoms in total. The maximum Gasteiger partial charge on any atom is 0.350 e. The van der Waals surface area contributed by atoms with E-state index in [1.807, 2.05) is 6.07 Å². The first-order valence-corrected chi connectivity index (χ1v) is 9.75. The average Bonchev–Trinajstić information content (AvgIpc) is 2.38. The van der Waals surface area contributed by atoms with Crippen LogP contribution >= 0.6 is 7.60 Å². The van der Waals surface area contributed by atoms with E-state index in [1.165, 1.54) is 0 Å². The summed E-state index contributed by atoms with van der Waals surface area (Å²) in [6, 6.07) is 2.01. The van der Waals surface area contributed by atoms with Crippen LogP contribution < -0.4 is 0 Å². The van der Waals surface area contributed by atoms with Crippen molar-refractivity contribution in [3.63, 3.8) is 0 Å². The normalized spacial score (nSPS) is 28.1. The van der Waals surface area contributed by atoms with Crippen LogP contribution in [0.3, 0.4) is 0 Å². The van der Waals surface area contributed by atoms with Gasteiger partial charge in [0.15, 0.2) is 5.66 Å². The highest BCUT2D eigenvalue weighted by atomic mass is 31.2. The summed E-state index contributed by atoms with van der Waals surface area (Å²) < 4.78 is 23.5. The van der Waals surface area contributed by atoms with Crippen molar-refractivity contribution < 1.29 is 18.7 Å². The first-order valence-electron chi connectivity index (χ1n) is 8.13. The molecule has 0 aromatic rings. The van der Waals surface area contributed by atoms with Gasteiger partial charge in [0.1, 0.15) is 0 Å². The molecule has 1 fully saturated rings. The fourth-order valence-electron chi connectivity index (χ4n) is 3.29. The molecule has 22 heavy (non-hydrogen) atoms. The summed E-state index contributed by atoms with van der Waals surface area (Å²) in [6.45, 7) is 10.4. The smallest absolute Gasteiger partial charge is 0.350 e. The highest BCUT2D eigenvalue weighted by Gasteiger charge is 2.52. The summed E-state index contributed by atoms with van der Waals surface area (Å²) in [5.41, 5.74) is -2.25. The predicted octanol–water partition coefficient (Wildman–Crippen LogP) is 4.11. The second-order valence-corrected chi connectivity index (χ2v) is 9.26. The molecular formula is C16H30NO4P. The molecule has 0 heterocycles. The molecule has 0 spiro atoms. The number of rotatable bonds is 6. The number of nitrogens with zero attached hydrogens (tertiary/aromatic N) is 1. The molecule has 128 valence electrons. The van der Waals surface area contributed by atoms with Gasteiger partial charge in [-0.2, -0.15) is 5.26 Å². The molecule has 0 aromatic carbocycles. The molecule has 0 aromatic heterocycles. The van der Waals surface area contributed by atoms with Crippen LogP contribution in [-0.2, 0) is 13.6 Å². The molecule has 1 rings (SSSR count). The third-order valence-corrected chi connectivity index (χ3v) is 7.11. The molecule has 1 atom stereocenters. The Morgan fingerprint density at radius 3 is 2.05 bits per heavy atom. The van der Waals surface area contributed by atoms with Gasteiger partial charge in [-0.15, -0.1) is 0 Å². The zero-order valence-electron chi connectivity index (χ0n) is 14.5. The molecule has 1 aliphatic rings.